The molecule has 0 saturated carbocycles. The molecule has 1 aliphatic heterocycles. The molecular weight excluding hydrogens is 310 g/mol. The van der Waals surface area contributed by atoms with Gasteiger partial charge in [0.25, 0.3) is 0 Å². The minimum atomic E-state index is 0.0352. The summed E-state index contributed by atoms with van der Waals surface area (Å²) in [7, 11) is 0. The average Bonchev–Trinajstić information content (AvgIpc) is 3.22. The lowest BCUT2D eigenvalue weighted by Crippen LogP contribution is -2.38. The number of aromatic nitrogens is 4. The number of ether oxygens (including phenoxy) is 1. The Balaban J connectivity index is 1.65. The van der Waals surface area contributed by atoms with Gasteiger partial charge in [-0.3, -0.25) is 4.68 Å². The second-order valence-electron chi connectivity index (χ2n) is 5.73. The van der Waals surface area contributed by atoms with Gasteiger partial charge in [-0.2, -0.15) is 5.10 Å². The Morgan fingerprint density at radius 3 is 3.13 bits per heavy atom. The van der Waals surface area contributed by atoms with Crippen molar-refractivity contribution in [1.29, 1.82) is 0 Å². The first kappa shape index (κ1) is 14.6. The smallest absolute Gasteiger partial charge is 0.141 e. The third-order valence-corrected chi connectivity index (χ3v) is 5.25. The van der Waals surface area contributed by atoms with Gasteiger partial charge in [0.2, 0.25) is 0 Å². The van der Waals surface area contributed by atoms with Crippen molar-refractivity contribution in [2.45, 2.75) is 26.5 Å². The number of thiophene rings is 1. The summed E-state index contributed by atoms with van der Waals surface area (Å²) < 4.78 is 7.90. The molecule has 1 fully saturated rings. The molecule has 0 aromatic carbocycles. The highest BCUT2D eigenvalue weighted by Crippen LogP contribution is 2.33. The third-order valence-electron chi connectivity index (χ3n) is 4.25. The van der Waals surface area contributed by atoms with Gasteiger partial charge < -0.3 is 9.64 Å². The van der Waals surface area contributed by atoms with E-state index in [0.29, 0.717) is 6.61 Å². The van der Waals surface area contributed by atoms with E-state index in [4.69, 9.17) is 4.74 Å². The predicted octanol–water partition coefficient (Wildman–Crippen LogP) is 2.79. The largest absolute Gasteiger partial charge is 0.370 e. The van der Waals surface area contributed by atoms with Gasteiger partial charge in [-0.15, -0.1) is 11.3 Å². The fourth-order valence-corrected chi connectivity index (χ4v) is 3.88. The average molecular weight is 329 g/mol. The summed E-state index contributed by atoms with van der Waals surface area (Å²) >= 11 is 1.67. The van der Waals surface area contributed by atoms with E-state index in [9.17, 15) is 0 Å². The first-order valence-corrected chi connectivity index (χ1v) is 8.72. The van der Waals surface area contributed by atoms with Crippen molar-refractivity contribution in [3.05, 3.63) is 35.2 Å². The first-order chi connectivity index (χ1) is 11.3. The Hall–Kier alpha value is -1.99. The normalized spacial score (nSPS) is 18.7. The Morgan fingerprint density at radius 2 is 2.30 bits per heavy atom. The van der Waals surface area contributed by atoms with Gasteiger partial charge in [-0.1, -0.05) is 0 Å². The van der Waals surface area contributed by atoms with Crippen LogP contribution in [0.5, 0.6) is 0 Å². The fraction of sp³-hybridized carbons (Fsp3) is 0.438. The number of rotatable bonds is 3. The van der Waals surface area contributed by atoms with Gasteiger partial charge in [0.15, 0.2) is 0 Å². The van der Waals surface area contributed by atoms with E-state index < -0.39 is 0 Å². The summed E-state index contributed by atoms with van der Waals surface area (Å²) in [5.41, 5.74) is 2.37. The van der Waals surface area contributed by atoms with Crippen LogP contribution in [0.3, 0.4) is 0 Å². The highest BCUT2D eigenvalue weighted by atomic mass is 32.1. The van der Waals surface area contributed by atoms with E-state index in [2.05, 4.69) is 45.4 Å². The number of hydrogen-bond acceptors (Lipinski definition) is 6. The summed E-state index contributed by atoms with van der Waals surface area (Å²) in [6.07, 6.45) is 5.67. The molecule has 1 saturated heterocycles. The minimum absolute atomic E-state index is 0.0352. The van der Waals surface area contributed by atoms with Crippen LogP contribution in [0.15, 0.2) is 24.1 Å². The van der Waals surface area contributed by atoms with E-state index in [1.165, 1.54) is 10.9 Å². The lowest BCUT2D eigenvalue weighted by Gasteiger charge is -2.33. The molecule has 1 atom stereocenters. The number of fused-ring (bicyclic) bond motifs is 1. The van der Waals surface area contributed by atoms with Crippen LogP contribution in [0.1, 0.15) is 24.2 Å². The first-order valence-electron chi connectivity index (χ1n) is 7.84. The lowest BCUT2D eigenvalue weighted by atomic mass is 10.1. The van der Waals surface area contributed by atoms with E-state index in [0.717, 1.165) is 35.8 Å². The van der Waals surface area contributed by atoms with Gasteiger partial charge in [0.05, 0.1) is 18.2 Å². The standard InChI is InChI=1S/C16H19N5OS/c1-3-21-7-12(6-19-21)13-8-20(4-5-22-13)15-14-11(2)9-23-16(14)18-10-17-15/h6-7,9-10,13H,3-5,8H2,1-2H3/t13-/m0/s1. The second-order valence-corrected chi connectivity index (χ2v) is 6.59. The summed E-state index contributed by atoms with van der Waals surface area (Å²) in [4.78, 5) is 12.3. The van der Waals surface area contributed by atoms with Gasteiger partial charge in [-0.25, -0.2) is 9.97 Å². The topological polar surface area (TPSA) is 56.1 Å². The molecule has 7 heteroatoms. The molecule has 0 amide bonds. The van der Waals surface area contributed by atoms with Crippen molar-refractivity contribution in [3.8, 4) is 0 Å². The molecule has 0 unspecified atom stereocenters. The van der Waals surface area contributed by atoms with Crippen LogP contribution < -0.4 is 4.90 Å². The van der Waals surface area contributed by atoms with Crippen molar-refractivity contribution >= 4 is 27.4 Å². The summed E-state index contributed by atoms with van der Waals surface area (Å²) in [5, 5.41) is 7.67. The zero-order valence-electron chi connectivity index (χ0n) is 13.3. The zero-order chi connectivity index (χ0) is 15.8. The van der Waals surface area contributed by atoms with Crippen LogP contribution in [-0.2, 0) is 11.3 Å². The van der Waals surface area contributed by atoms with Crippen LogP contribution in [0.4, 0.5) is 5.82 Å². The van der Waals surface area contributed by atoms with Crippen molar-refractivity contribution in [2.75, 3.05) is 24.6 Å². The highest BCUT2D eigenvalue weighted by Gasteiger charge is 2.26. The van der Waals surface area contributed by atoms with Gasteiger partial charge in [0.1, 0.15) is 23.1 Å². The molecule has 3 aromatic heterocycles. The van der Waals surface area contributed by atoms with E-state index in [-0.39, 0.29) is 6.10 Å². The van der Waals surface area contributed by atoms with Gasteiger partial charge >= 0.3 is 0 Å². The molecule has 4 heterocycles. The Morgan fingerprint density at radius 1 is 1.39 bits per heavy atom. The molecule has 1 aliphatic rings. The van der Waals surface area contributed by atoms with Crippen LogP contribution in [0.2, 0.25) is 0 Å². The quantitative estimate of drug-likeness (QED) is 0.739. The maximum Gasteiger partial charge on any atom is 0.141 e. The van der Waals surface area contributed by atoms with E-state index >= 15 is 0 Å². The summed E-state index contributed by atoms with van der Waals surface area (Å²) in [5.74, 6) is 1.02. The molecule has 0 aliphatic carbocycles. The maximum atomic E-state index is 5.96. The van der Waals surface area contributed by atoms with Crippen LogP contribution in [-0.4, -0.2) is 39.4 Å². The number of aryl methyl sites for hydroxylation is 2. The number of nitrogens with zero attached hydrogens (tertiary/aromatic N) is 5. The summed E-state index contributed by atoms with van der Waals surface area (Å²) in [6, 6.07) is 0. The van der Waals surface area contributed by atoms with Crippen molar-refractivity contribution in [2.24, 2.45) is 0 Å². The molecule has 23 heavy (non-hydrogen) atoms. The molecule has 0 spiro atoms. The van der Waals surface area contributed by atoms with Gasteiger partial charge in [-0.05, 0) is 24.8 Å². The Bertz CT molecular complexity index is 827. The van der Waals surface area contributed by atoms with Crippen LogP contribution in [0.25, 0.3) is 10.2 Å². The second kappa shape index (κ2) is 5.90. The number of hydrogen-bond donors (Lipinski definition) is 0. The number of morpholine rings is 1. The SMILES string of the molecule is CCn1cc([C@@H]2CN(c3ncnc4scc(C)c34)CCO2)cn1. The molecule has 120 valence electrons. The molecule has 6 nitrogen and oxygen atoms in total. The molecule has 0 bridgehead atoms. The van der Waals surface area contributed by atoms with E-state index in [1.807, 2.05) is 10.9 Å². The van der Waals surface area contributed by atoms with Gasteiger partial charge in [0, 0.05) is 31.4 Å². The third kappa shape index (κ3) is 2.60. The summed E-state index contributed by atoms with van der Waals surface area (Å²) in [6.45, 7) is 7.40. The Kier molecular flexibility index (Phi) is 3.74. The predicted molar refractivity (Wildman–Crippen MR) is 91.0 cm³/mol. The molecule has 0 N–H and O–H groups in total. The lowest BCUT2D eigenvalue weighted by molar-refractivity contribution is 0.0395. The fourth-order valence-electron chi connectivity index (χ4n) is 3.00. The van der Waals surface area contributed by atoms with Crippen LogP contribution >= 0.6 is 11.3 Å². The monoisotopic (exact) mass is 329 g/mol. The van der Waals surface area contributed by atoms with Crippen molar-refractivity contribution < 1.29 is 4.74 Å². The number of anilines is 1. The molecule has 3 aromatic rings. The highest BCUT2D eigenvalue weighted by molar-refractivity contribution is 7.17. The van der Waals surface area contributed by atoms with Crippen LogP contribution in [0, 0.1) is 6.92 Å². The minimum Gasteiger partial charge on any atom is -0.370 e. The molecule has 0 radical (unpaired) electrons. The van der Waals surface area contributed by atoms with Crippen molar-refractivity contribution in [1.82, 2.24) is 19.7 Å². The zero-order valence-corrected chi connectivity index (χ0v) is 14.1. The molecule has 4 rings (SSSR count). The van der Waals surface area contributed by atoms with E-state index in [1.54, 1.807) is 17.7 Å². The molecular formula is C16H19N5OS. The Labute approximate surface area is 138 Å². The maximum absolute atomic E-state index is 5.96. The van der Waals surface area contributed by atoms with Crippen molar-refractivity contribution in [3.63, 3.8) is 0 Å².